The first-order chi connectivity index (χ1) is 12.8. The number of aliphatic hydroxyl groups is 1. The Morgan fingerprint density at radius 2 is 1.93 bits per heavy atom. The summed E-state index contributed by atoms with van der Waals surface area (Å²) in [5, 5.41) is 11.9. The molecule has 0 fully saturated rings. The lowest BCUT2D eigenvalue weighted by Gasteiger charge is -2.25. The lowest BCUT2D eigenvalue weighted by molar-refractivity contribution is -0.111. The Bertz CT molecular complexity index is 834. The first kappa shape index (κ1) is 19.0. The van der Waals surface area contributed by atoms with Gasteiger partial charge < -0.3 is 19.9 Å². The minimum atomic E-state index is -0.356. The topological polar surface area (TPSA) is 67.8 Å². The fourth-order valence-electron chi connectivity index (χ4n) is 2.73. The van der Waals surface area contributed by atoms with Crippen molar-refractivity contribution in [2.45, 2.75) is 32.3 Å². The Kier molecular flexibility index (Phi) is 5.51. The second kappa shape index (κ2) is 7.84. The van der Waals surface area contributed by atoms with E-state index in [1.54, 1.807) is 24.3 Å². The number of hydrogen-bond acceptors (Lipinski definition) is 4. The van der Waals surface area contributed by atoms with Crippen LogP contribution in [0.1, 0.15) is 31.9 Å². The van der Waals surface area contributed by atoms with E-state index in [-0.39, 0.29) is 30.6 Å². The molecule has 2 N–H and O–H groups in total. The third-order valence-corrected chi connectivity index (χ3v) is 4.34. The second-order valence-corrected chi connectivity index (χ2v) is 7.59. The number of hydrogen-bond donors (Lipinski definition) is 2. The molecule has 1 amide bonds. The molecule has 2 aromatic rings. The van der Waals surface area contributed by atoms with Crippen LogP contribution in [0.2, 0.25) is 0 Å². The van der Waals surface area contributed by atoms with E-state index in [9.17, 15) is 4.79 Å². The van der Waals surface area contributed by atoms with E-state index < -0.39 is 0 Å². The van der Waals surface area contributed by atoms with Gasteiger partial charge in [-0.3, -0.25) is 4.79 Å². The van der Waals surface area contributed by atoms with Gasteiger partial charge in [-0.1, -0.05) is 45.0 Å². The minimum Gasteiger partial charge on any atom is -0.486 e. The highest BCUT2D eigenvalue weighted by Crippen LogP contribution is 2.34. The molecule has 1 atom stereocenters. The second-order valence-electron chi connectivity index (χ2n) is 7.59. The summed E-state index contributed by atoms with van der Waals surface area (Å²) in [7, 11) is 0. The molecule has 2 aromatic carbocycles. The molecule has 27 heavy (non-hydrogen) atoms. The van der Waals surface area contributed by atoms with E-state index in [4.69, 9.17) is 14.6 Å². The van der Waals surface area contributed by atoms with Crippen molar-refractivity contribution < 1.29 is 19.4 Å². The molecule has 0 unspecified atom stereocenters. The number of nitrogens with one attached hydrogen (secondary N) is 1. The van der Waals surface area contributed by atoms with E-state index in [0.717, 1.165) is 5.56 Å². The van der Waals surface area contributed by atoms with Crippen molar-refractivity contribution in [2.75, 3.05) is 18.5 Å². The predicted molar refractivity (Wildman–Crippen MR) is 106 cm³/mol. The number of carbonyl (C=O) groups is 1. The molecular formula is C22H25NO4. The lowest BCUT2D eigenvalue weighted by Crippen LogP contribution is -2.32. The summed E-state index contributed by atoms with van der Waals surface area (Å²) >= 11 is 0. The SMILES string of the molecule is CC(C)(C)c1ccc(/C=C/C(=O)Nc2ccc3c(c2)OC[C@@H](CO)O3)cc1. The van der Waals surface area contributed by atoms with Crippen LogP contribution < -0.4 is 14.8 Å². The van der Waals surface area contributed by atoms with Crippen LogP contribution in [-0.2, 0) is 10.2 Å². The van der Waals surface area contributed by atoms with E-state index in [1.165, 1.54) is 11.6 Å². The molecule has 0 aliphatic carbocycles. The zero-order valence-electron chi connectivity index (χ0n) is 15.9. The molecule has 142 valence electrons. The van der Waals surface area contributed by atoms with Crippen molar-refractivity contribution in [3.63, 3.8) is 0 Å². The van der Waals surface area contributed by atoms with Crippen LogP contribution >= 0.6 is 0 Å². The molecule has 1 aliphatic rings. The third-order valence-electron chi connectivity index (χ3n) is 4.34. The lowest BCUT2D eigenvalue weighted by atomic mass is 9.87. The van der Waals surface area contributed by atoms with Gasteiger partial charge in [-0.05, 0) is 34.8 Å². The van der Waals surface area contributed by atoms with Gasteiger partial charge in [0.25, 0.3) is 0 Å². The van der Waals surface area contributed by atoms with Gasteiger partial charge in [0.1, 0.15) is 6.61 Å². The van der Waals surface area contributed by atoms with Gasteiger partial charge in [0.2, 0.25) is 5.91 Å². The standard InChI is InChI=1S/C22H25NO4/c1-22(2,3)16-7-4-15(5-8-16)6-11-21(25)23-17-9-10-19-20(12-17)26-14-18(13-24)27-19/h4-12,18,24H,13-14H2,1-3H3,(H,23,25)/b11-6+/t18-/m1/s1. The first-order valence-corrected chi connectivity index (χ1v) is 8.99. The van der Waals surface area contributed by atoms with Crippen LogP contribution in [0, 0.1) is 0 Å². The number of ether oxygens (including phenoxy) is 2. The number of anilines is 1. The highest BCUT2D eigenvalue weighted by molar-refractivity contribution is 6.02. The highest BCUT2D eigenvalue weighted by atomic mass is 16.6. The molecule has 0 saturated carbocycles. The maximum absolute atomic E-state index is 12.2. The summed E-state index contributed by atoms with van der Waals surface area (Å²) in [6.45, 7) is 6.69. The largest absolute Gasteiger partial charge is 0.486 e. The van der Waals surface area contributed by atoms with Gasteiger partial charge in [-0.25, -0.2) is 0 Å². The molecule has 5 nitrogen and oxygen atoms in total. The number of fused-ring (bicyclic) bond motifs is 1. The minimum absolute atomic E-state index is 0.0978. The molecule has 0 saturated heterocycles. The molecule has 3 rings (SSSR count). The molecule has 5 heteroatoms. The Hall–Kier alpha value is -2.79. The molecule has 1 aliphatic heterocycles. The first-order valence-electron chi connectivity index (χ1n) is 8.99. The number of aliphatic hydroxyl groups excluding tert-OH is 1. The van der Waals surface area contributed by atoms with Gasteiger partial charge in [-0.2, -0.15) is 0 Å². The van der Waals surface area contributed by atoms with E-state index in [0.29, 0.717) is 17.2 Å². The fourth-order valence-corrected chi connectivity index (χ4v) is 2.73. The monoisotopic (exact) mass is 367 g/mol. The summed E-state index contributed by atoms with van der Waals surface area (Å²) in [4.78, 5) is 12.2. The van der Waals surface area contributed by atoms with E-state index in [1.807, 2.05) is 12.1 Å². The highest BCUT2D eigenvalue weighted by Gasteiger charge is 2.20. The maximum Gasteiger partial charge on any atom is 0.248 e. The van der Waals surface area contributed by atoms with Crippen molar-refractivity contribution in [3.05, 3.63) is 59.7 Å². The molecule has 0 radical (unpaired) electrons. The van der Waals surface area contributed by atoms with Crippen molar-refractivity contribution >= 4 is 17.7 Å². The van der Waals surface area contributed by atoms with Gasteiger partial charge in [-0.15, -0.1) is 0 Å². The molecule has 0 bridgehead atoms. The molecule has 1 heterocycles. The number of carbonyl (C=O) groups excluding carboxylic acids is 1. The van der Waals surface area contributed by atoms with Crippen LogP contribution in [0.5, 0.6) is 11.5 Å². The fraction of sp³-hybridized carbons (Fsp3) is 0.318. The molecular weight excluding hydrogens is 342 g/mol. The van der Waals surface area contributed by atoms with Crippen LogP contribution in [0.4, 0.5) is 5.69 Å². The summed E-state index contributed by atoms with van der Waals surface area (Å²) in [5.41, 5.74) is 2.95. The van der Waals surface area contributed by atoms with Gasteiger partial charge in [0, 0.05) is 17.8 Å². The van der Waals surface area contributed by atoms with Gasteiger partial charge in [0.05, 0.1) is 6.61 Å². The maximum atomic E-state index is 12.2. The van der Waals surface area contributed by atoms with Crippen molar-refractivity contribution in [2.24, 2.45) is 0 Å². The summed E-state index contributed by atoms with van der Waals surface area (Å²) < 4.78 is 11.1. The molecule has 0 aromatic heterocycles. The number of benzene rings is 2. The smallest absolute Gasteiger partial charge is 0.248 e. The van der Waals surface area contributed by atoms with Crippen molar-refractivity contribution in [1.82, 2.24) is 0 Å². The Morgan fingerprint density at radius 1 is 1.19 bits per heavy atom. The number of rotatable bonds is 4. The third kappa shape index (κ3) is 4.89. The zero-order valence-corrected chi connectivity index (χ0v) is 15.9. The van der Waals surface area contributed by atoms with Crippen LogP contribution in [0.25, 0.3) is 6.08 Å². The normalized spacial score (nSPS) is 16.4. The van der Waals surface area contributed by atoms with E-state index >= 15 is 0 Å². The Balaban J connectivity index is 1.62. The Labute approximate surface area is 159 Å². The van der Waals surface area contributed by atoms with E-state index in [2.05, 4.69) is 38.2 Å². The average Bonchev–Trinajstić information content (AvgIpc) is 2.65. The van der Waals surface area contributed by atoms with Crippen molar-refractivity contribution in [3.8, 4) is 11.5 Å². The summed E-state index contributed by atoms with van der Waals surface area (Å²) in [6, 6.07) is 13.4. The summed E-state index contributed by atoms with van der Waals surface area (Å²) in [6.07, 6.45) is 2.93. The van der Waals surface area contributed by atoms with Crippen LogP contribution in [-0.4, -0.2) is 30.3 Å². The molecule has 0 spiro atoms. The number of amides is 1. The zero-order chi connectivity index (χ0) is 19.4. The van der Waals surface area contributed by atoms with Crippen LogP contribution in [0.3, 0.4) is 0 Å². The quantitative estimate of drug-likeness (QED) is 0.808. The van der Waals surface area contributed by atoms with Crippen LogP contribution in [0.15, 0.2) is 48.5 Å². The average molecular weight is 367 g/mol. The van der Waals surface area contributed by atoms with Gasteiger partial charge >= 0.3 is 0 Å². The summed E-state index contributed by atoms with van der Waals surface area (Å²) in [5.74, 6) is 0.895. The van der Waals surface area contributed by atoms with Gasteiger partial charge in [0.15, 0.2) is 17.6 Å². The van der Waals surface area contributed by atoms with Crippen molar-refractivity contribution in [1.29, 1.82) is 0 Å². The Morgan fingerprint density at radius 3 is 2.59 bits per heavy atom. The predicted octanol–water partition coefficient (Wildman–Crippen LogP) is 3.77.